The maximum atomic E-state index is 4.31. The van der Waals surface area contributed by atoms with Gasteiger partial charge in [-0.05, 0) is 5.92 Å². The van der Waals surface area contributed by atoms with Gasteiger partial charge in [0.25, 0.3) is 0 Å². The van der Waals surface area contributed by atoms with E-state index in [1.54, 1.807) is 0 Å². The molecule has 0 aromatic carbocycles. The van der Waals surface area contributed by atoms with Gasteiger partial charge in [-0.2, -0.15) is 0 Å². The molecule has 1 unspecified atom stereocenters. The summed E-state index contributed by atoms with van der Waals surface area (Å²) in [6, 6.07) is 1.42. The molecule has 0 aliphatic carbocycles. The second kappa shape index (κ2) is 10.8. The van der Waals surface area contributed by atoms with Gasteiger partial charge in [-0.3, -0.25) is 0 Å². The molecule has 0 N–H and O–H groups in total. The summed E-state index contributed by atoms with van der Waals surface area (Å²) >= 11 is 0. The maximum absolute atomic E-state index is 4.31. The zero-order valence-electron chi connectivity index (χ0n) is 10.4. The van der Waals surface area contributed by atoms with Crippen LogP contribution >= 0.6 is 0 Å². The Labute approximate surface area is 114 Å². The molecule has 0 aromatic heterocycles. The van der Waals surface area contributed by atoms with Crippen LogP contribution in [0, 0.1) is 12.5 Å². The van der Waals surface area contributed by atoms with Gasteiger partial charge in [0.1, 0.15) is 0 Å². The molecule has 0 aromatic rings. The van der Waals surface area contributed by atoms with Gasteiger partial charge in [0.2, 0.25) is 0 Å². The molecule has 0 nitrogen and oxygen atoms in total. The molecule has 14 heavy (non-hydrogen) atoms. The molecule has 0 saturated heterocycles. The third-order valence-corrected chi connectivity index (χ3v) is 4.07. The van der Waals surface area contributed by atoms with E-state index < -0.39 is 8.07 Å². The van der Waals surface area contributed by atoms with E-state index >= 15 is 0 Å². The fourth-order valence-electron chi connectivity index (χ4n) is 1.72. The van der Waals surface area contributed by atoms with Crippen LogP contribution < -0.4 is 12.4 Å². The summed E-state index contributed by atoms with van der Waals surface area (Å²) < 4.78 is 0. The molecule has 1 atom stereocenters. The topological polar surface area (TPSA) is 0 Å². The van der Waals surface area contributed by atoms with Crippen LogP contribution in [0.2, 0.25) is 19.1 Å². The summed E-state index contributed by atoms with van der Waals surface area (Å²) in [4.78, 5) is 0. The Kier molecular flexibility index (Phi) is 15.9. The number of hydrogen-bond acceptors (Lipinski definition) is 0. The van der Waals surface area contributed by atoms with Crippen molar-refractivity contribution >= 4 is 31.1 Å². The Hall–Kier alpha value is 1.27. The molecular weight excluding hydrogens is 220 g/mol. The van der Waals surface area contributed by atoms with E-state index in [9.17, 15) is 0 Å². The summed E-state index contributed by atoms with van der Waals surface area (Å²) in [7, 11) is -1.04. The number of halogens is 1. The van der Waals surface area contributed by atoms with E-state index in [2.05, 4.69) is 33.5 Å². The van der Waals surface area contributed by atoms with Gasteiger partial charge in [0.15, 0.2) is 0 Å². The van der Waals surface area contributed by atoms with E-state index in [0.29, 0.717) is 0 Å². The van der Waals surface area contributed by atoms with Gasteiger partial charge in [-0.25, -0.2) is 0 Å². The third-order valence-electron chi connectivity index (χ3n) is 2.38. The molecule has 0 radical (unpaired) electrons. The van der Waals surface area contributed by atoms with E-state index in [0.717, 1.165) is 5.92 Å². The molecule has 0 aliphatic heterocycles. The minimum Gasteiger partial charge on any atom is -1.00 e. The van der Waals surface area contributed by atoms with Crippen molar-refractivity contribution in [3.05, 3.63) is 6.55 Å². The average Bonchev–Trinajstić information content (AvgIpc) is 1.95. The molecule has 0 spiro atoms. The molecule has 82 valence electrons. The van der Waals surface area contributed by atoms with E-state index in [1.807, 2.05) is 0 Å². The monoisotopic (exact) mass is 244 g/mol. The first-order valence-electron chi connectivity index (χ1n) is 5.35. The smallest absolute Gasteiger partial charge is 1.00 e. The Morgan fingerprint density at radius 1 is 1.21 bits per heavy atom. The molecule has 0 amide bonds. The fraction of sp³-hybridized carbons (Fsp3) is 0.909. The summed E-state index contributed by atoms with van der Waals surface area (Å²) in [6.45, 7) is 13.7. The predicted molar refractivity (Wildman–Crippen MR) is 66.7 cm³/mol. The van der Waals surface area contributed by atoms with Crippen molar-refractivity contribution < 1.29 is 12.4 Å². The largest absolute Gasteiger partial charge is 2.00 e. The molecule has 0 saturated carbocycles. The van der Waals surface area contributed by atoms with Crippen molar-refractivity contribution in [1.29, 1.82) is 0 Å². The number of hydrogen-bond donors (Lipinski definition) is 0. The van der Waals surface area contributed by atoms with Crippen LogP contribution in [0.4, 0.5) is 0 Å². The Bertz CT molecular complexity index is 112. The van der Waals surface area contributed by atoms with Crippen LogP contribution in [0.25, 0.3) is 0 Å². The van der Waals surface area contributed by atoms with Crippen molar-refractivity contribution in [3.8, 4) is 0 Å². The third kappa shape index (κ3) is 13.3. The number of unbranched alkanes of at least 4 members (excludes halogenated alkanes) is 1. The van der Waals surface area contributed by atoms with Gasteiger partial charge in [-0.1, -0.05) is 66.7 Å². The van der Waals surface area contributed by atoms with Gasteiger partial charge in [0.05, 0.1) is 0 Å². The van der Waals surface area contributed by atoms with Crippen LogP contribution in [0.1, 0.15) is 39.5 Å². The van der Waals surface area contributed by atoms with Crippen molar-refractivity contribution in [2.45, 2.75) is 58.7 Å². The van der Waals surface area contributed by atoms with Gasteiger partial charge in [0, 0.05) is 0 Å². The Morgan fingerprint density at radius 2 is 1.71 bits per heavy atom. The summed E-state index contributed by atoms with van der Waals surface area (Å²) in [5.41, 5.74) is 0. The summed E-state index contributed by atoms with van der Waals surface area (Å²) in [5, 5.41) is 0. The fourth-order valence-corrected chi connectivity index (χ4v) is 3.78. The van der Waals surface area contributed by atoms with Crippen LogP contribution in [0.5, 0.6) is 0 Å². The number of rotatable bonds is 6. The first-order valence-corrected chi connectivity index (χ1v) is 8.76. The van der Waals surface area contributed by atoms with Crippen molar-refractivity contribution in [3.63, 3.8) is 0 Å². The van der Waals surface area contributed by atoms with Crippen LogP contribution in [-0.4, -0.2) is 31.1 Å². The molecule has 0 rings (SSSR count). The van der Waals surface area contributed by atoms with Crippen molar-refractivity contribution in [2.75, 3.05) is 0 Å². The molecule has 3 heteroatoms. The summed E-state index contributed by atoms with van der Waals surface area (Å²) in [5.74, 6) is 0.962. The van der Waals surface area contributed by atoms with Crippen LogP contribution in [-0.2, 0) is 0 Å². The minimum atomic E-state index is -1.04. The van der Waals surface area contributed by atoms with E-state index in [4.69, 9.17) is 0 Å². The first-order chi connectivity index (χ1) is 5.49. The van der Waals surface area contributed by atoms with E-state index in [-0.39, 0.29) is 35.5 Å². The summed E-state index contributed by atoms with van der Waals surface area (Å²) in [6.07, 6.45) is 5.53. The molecule has 0 aliphatic rings. The predicted octanol–water partition coefficient (Wildman–Crippen LogP) is 0.908. The molecular formula is C11H25ClMgSi. The minimum absolute atomic E-state index is 0. The molecule has 0 bridgehead atoms. The van der Waals surface area contributed by atoms with Crippen LogP contribution in [0.3, 0.4) is 0 Å². The normalized spacial score (nSPS) is 12.6. The van der Waals surface area contributed by atoms with Gasteiger partial charge < -0.3 is 19.0 Å². The van der Waals surface area contributed by atoms with Crippen molar-refractivity contribution in [1.82, 2.24) is 0 Å². The standard InChI is InChI=1S/C11H25Si.ClH.Mg/c1-6-8-9-11(7-2)10-12(3,4)5;;/h11H,3,6-10H2,1-2,4-5H3;1H;/q-1;;+2/p-1. The van der Waals surface area contributed by atoms with E-state index in [1.165, 1.54) is 31.7 Å². The zero-order chi connectivity index (χ0) is 9.61. The Morgan fingerprint density at radius 3 is 2.00 bits per heavy atom. The average molecular weight is 245 g/mol. The van der Waals surface area contributed by atoms with Crippen molar-refractivity contribution in [2.24, 2.45) is 5.92 Å². The van der Waals surface area contributed by atoms with Gasteiger partial charge in [-0.15, -0.1) is 0 Å². The van der Waals surface area contributed by atoms with Gasteiger partial charge >= 0.3 is 23.1 Å². The first kappa shape index (κ1) is 20.7. The maximum Gasteiger partial charge on any atom is 2.00 e. The SMILES string of the molecule is [CH2-][Si](C)(C)CC(CC)CCCC.[Cl-].[Mg+2]. The quantitative estimate of drug-likeness (QED) is 0.482. The zero-order valence-corrected chi connectivity index (χ0v) is 13.6. The Balaban J connectivity index is -0.000000605. The second-order valence-electron chi connectivity index (χ2n) is 4.78. The molecule has 0 heterocycles. The molecule has 0 fully saturated rings. The second-order valence-corrected chi connectivity index (χ2v) is 9.52. The van der Waals surface area contributed by atoms with Crippen LogP contribution in [0.15, 0.2) is 0 Å².